The lowest BCUT2D eigenvalue weighted by atomic mass is 10.1. The largest absolute Gasteiger partial charge is 0.387 e. The van der Waals surface area contributed by atoms with Crippen molar-refractivity contribution in [2.75, 3.05) is 0 Å². The van der Waals surface area contributed by atoms with Crippen LogP contribution in [0.5, 0.6) is 0 Å². The van der Waals surface area contributed by atoms with Crippen molar-refractivity contribution < 1.29 is 5.11 Å². The molecule has 0 saturated carbocycles. The van der Waals surface area contributed by atoms with Crippen molar-refractivity contribution in [3.05, 3.63) is 70.4 Å². The van der Waals surface area contributed by atoms with E-state index in [1.165, 1.54) is 9.08 Å². The van der Waals surface area contributed by atoms with Crippen molar-refractivity contribution in [1.82, 2.24) is 14.2 Å². The zero-order chi connectivity index (χ0) is 14.1. The van der Waals surface area contributed by atoms with Gasteiger partial charge >= 0.3 is 0 Å². The molecule has 0 aliphatic rings. The van der Waals surface area contributed by atoms with E-state index in [2.05, 4.69) is 5.10 Å². The molecule has 0 aliphatic heterocycles. The second-order valence-electron chi connectivity index (χ2n) is 4.85. The summed E-state index contributed by atoms with van der Waals surface area (Å²) in [5, 5.41) is 14.3. The van der Waals surface area contributed by atoms with Gasteiger partial charge in [-0.2, -0.15) is 5.10 Å². The van der Waals surface area contributed by atoms with Gasteiger partial charge in [0.15, 0.2) is 0 Å². The van der Waals surface area contributed by atoms with Crippen LogP contribution in [-0.4, -0.2) is 19.3 Å². The first kappa shape index (κ1) is 12.6. The number of aliphatic hydroxyl groups is 1. The number of aliphatic hydroxyl groups excluding tert-OH is 1. The van der Waals surface area contributed by atoms with Crippen molar-refractivity contribution in [3.8, 4) is 0 Å². The van der Waals surface area contributed by atoms with Gasteiger partial charge < -0.3 is 9.67 Å². The third-order valence-electron chi connectivity index (χ3n) is 3.33. The quantitative estimate of drug-likeness (QED) is 0.784. The lowest BCUT2D eigenvalue weighted by molar-refractivity contribution is 0.155. The highest BCUT2D eigenvalue weighted by Gasteiger charge is 2.11. The zero-order valence-corrected chi connectivity index (χ0v) is 11.1. The minimum Gasteiger partial charge on any atom is -0.387 e. The molecular formula is C15H15N3O2. The molecule has 5 nitrogen and oxygen atoms in total. The first-order chi connectivity index (χ1) is 9.65. The molecule has 0 radical (unpaired) electrons. The average molecular weight is 269 g/mol. The minimum atomic E-state index is -0.710. The van der Waals surface area contributed by atoms with Crippen molar-refractivity contribution in [3.63, 3.8) is 0 Å². The van der Waals surface area contributed by atoms with E-state index in [4.69, 9.17) is 0 Å². The summed E-state index contributed by atoms with van der Waals surface area (Å²) in [4.78, 5) is 12.2. The SMILES string of the molecule is Cc1cccc(C(O)Cn2ccn3nccc3c2=O)c1. The van der Waals surface area contributed by atoms with Crippen molar-refractivity contribution >= 4 is 5.52 Å². The summed E-state index contributed by atoms with van der Waals surface area (Å²) >= 11 is 0. The van der Waals surface area contributed by atoms with Crippen LogP contribution in [0, 0.1) is 6.92 Å². The summed E-state index contributed by atoms with van der Waals surface area (Å²) in [5.74, 6) is 0. The smallest absolute Gasteiger partial charge is 0.276 e. The van der Waals surface area contributed by atoms with Crippen LogP contribution >= 0.6 is 0 Å². The lowest BCUT2D eigenvalue weighted by Gasteiger charge is -2.13. The molecule has 0 spiro atoms. The molecule has 5 heteroatoms. The Hall–Kier alpha value is -2.40. The number of hydrogen-bond donors (Lipinski definition) is 1. The monoisotopic (exact) mass is 269 g/mol. The maximum Gasteiger partial charge on any atom is 0.276 e. The molecule has 2 aromatic heterocycles. The van der Waals surface area contributed by atoms with E-state index in [-0.39, 0.29) is 12.1 Å². The van der Waals surface area contributed by atoms with E-state index < -0.39 is 6.10 Å². The summed E-state index contributed by atoms with van der Waals surface area (Å²) < 4.78 is 3.03. The third kappa shape index (κ3) is 2.23. The molecule has 0 fully saturated rings. The first-order valence-electron chi connectivity index (χ1n) is 6.42. The Morgan fingerprint density at radius 1 is 1.30 bits per heavy atom. The van der Waals surface area contributed by atoms with E-state index in [1.807, 2.05) is 31.2 Å². The Labute approximate surface area is 115 Å². The van der Waals surface area contributed by atoms with Crippen LogP contribution < -0.4 is 5.56 Å². The van der Waals surface area contributed by atoms with Crippen LogP contribution in [0.3, 0.4) is 0 Å². The number of aryl methyl sites for hydroxylation is 1. The molecule has 0 bridgehead atoms. The Bertz CT molecular complexity index is 804. The fraction of sp³-hybridized carbons (Fsp3) is 0.200. The highest BCUT2D eigenvalue weighted by atomic mass is 16.3. The van der Waals surface area contributed by atoms with Crippen molar-refractivity contribution in [2.45, 2.75) is 19.6 Å². The fourth-order valence-electron chi connectivity index (χ4n) is 2.27. The molecule has 1 aromatic carbocycles. The van der Waals surface area contributed by atoms with E-state index in [9.17, 15) is 9.90 Å². The van der Waals surface area contributed by atoms with Crippen LogP contribution in [0.1, 0.15) is 17.2 Å². The van der Waals surface area contributed by atoms with Gasteiger partial charge in [-0.05, 0) is 18.6 Å². The number of fused-ring (bicyclic) bond motifs is 1. The second kappa shape index (κ2) is 4.94. The van der Waals surface area contributed by atoms with Gasteiger partial charge in [-0.1, -0.05) is 29.8 Å². The highest BCUT2D eigenvalue weighted by molar-refractivity contribution is 5.42. The van der Waals surface area contributed by atoms with E-state index in [0.29, 0.717) is 5.52 Å². The highest BCUT2D eigenvalue weighted by Crippen LogP contribution is 2.15. The average Bonchev–Trinajstić information content (AvgIpc) is 2.91. The Kier molecular flexibility index (Phi) is 3.12. The van der Waals surface area contributed by atoms with E-state index >= 15 is 0 Å². The van der Waals surface area contributed by atoms with Crippen LogP contribution in [0.25, 0.3) is 5.52 Å². The predicted octanol–water partition coefficient (Wildman–Crippen LogP) is 1.54. The number of rotatable bonds is 3. The molecule has 2 heterocycles. The predicted molar refractivity (Wildman–Crippen MR) is 75.6 cm³/mol. The van der Waals surface area contributed by atoms with Gasteiger partial charge in [-0.3, -0.25) is 4.79 Å². The molecule has 3 aromatic rings. The third-order valence-corrected chi connectivity index (χ3v) is 3.33. The Balaban J connectivity index is 1.93. The van der Waals surface area contributed by atoms with Gasteiger partial charge in [0.25, 0.3) is 5.56 Å². The molecular weight excluding hydrogens is 254 g/mol. The van der Waals surface area contributed by atoms with Gasteiger partial charge in [0.1, 0.15) is 5.52 Å². The maximum absolute atomic E-state index is 12.2. The van der Waals surface area contributed by atoms with Crippen molar-refractivity contribution in [2.24, 2.45) is 0 Å². The van der Waals surface area contributed by atoms with Gasteiger partial charge in [0.2, 0.25) is 0 Å². The first-order valence-corrected chi connectivity index (χ1v) is 6.42. The van der Waals surface area contributed by atoms with Crippen LogP contribution in [0.4, 0.5) is 0 Å². The lowest BCUT2D eigenvalue weighted by Crippen LogP contribution is -2.24. The normalized spacial score (nSPS) is 12.7. The summed E-state index contributed by atoms with van der Waals surface area (Å²) in [5.41, 5.74) is 2.24. The molecule has 0 amide bonds. The number of aromatic nitrogens is 3. The molecule has 1 unspecified atom stereocenters. The zero-order valence-electron chi connectivity index (χ0n) is 11.1. The van der Waals surface area contributed by atoms with Crippen LogP contribution in [0.2, 0.25) is 0 Å². The molecule has 102 valence electrons. The topological polar surface area (TPSA) is 59.5 Å². The molecule has 1 N–H and O–H groups in total. The van der Waals surface area contributed by atoms with Crippen molar-refractivity contribution in [1.29, 1.82) is 0 Å². The minimum absolute atomic E-state index is 0.156. The second-order valence-corrected chi connectivity index (χ2v) is 4.85. The molecule has 0 saturated heterocycles. The number of benzene rings is 1. The number of nitrogens with zero attached hydrogens (tertiary/aromatic N) is 3. The molecule has 20 heavy (non-hydrogen) atoms. The summed E-state index contributed by atoms with van der Waals surface area (Å²) in [6.45, 7) is 2.20. The van der Waals surface area contributed by atoms with Gasteiger partial charge in [0, 0.05) is 12.4 Å². The van der Waals surface area contributed by atoms with Crippen LogP contribution in [-0.2, 0) is 6.54 Å². The van der Waals surface area contributed by atoms with E-state index in [0.717, 1.165) is 11.1 Å². The fourth-order valence-corrected chi connectivity index (χ4v) is 2.27. The van der Waals surface area contributed by atoms with Crippen LogP contribution in [0.15, 0.2) is 53.7 Å². The molecule has 1 atom stereocenters. The molecule has 0 aliphatic carbocycles. The standard InChI is InChI=1S/C15H15N3O2/c1-11-3-2-4-12(9-11)14(19)10-17-7-8-18-13(15(17)20)5-6-16-18/h2-9,14,19H,10H2,1H3. The van der Waals surface area contributed by atoms with Gasteiger partial charge in [-0.15, -0.1) is 0 Å². The molecule has 3 rings (SSSR count). The maximum atomic E-state index is 12.2. The Morgan fingerprint density at radius 2 is 2.15 bits per heavy atom. The summed E-state index contributed by atoms with van der Waals surface area (Å²) in [7, 11) is 0. The van der Waals surface area contributed by atoms with E-state index in [1.54, 1.807) is 24.7 Å². The summed E-state index contributed by atoms with van der Waals surface area (Å²) in [6, 6.07) is 9.32. The summed E-state index contributed by atoms with van der Waals surface area (Å²) in [6.07, 6.45) is 4.22. The van der Waals surface area contributed by atoms with Gasteiger partial charge in [0.05, 0.1) is 18.8 Å². The van der Waals surface area contributed by atoms with Gasteiger partial charge in [-0.25, -0.2) is 4.52 Å². The Morgan fingerprint density at radius 3 is 2.95 bits per heavy atom. The number of hydrogen-bond acceptors (Lipinski definition) is 3.